The summed E-state index contributed by atoms with van der Waals surface area (Å²) in [6.07, 6.45) is 0. The number of anilines is 1. The number of nitrogens with zero attached hydrogens (tertiary/aromatic N) is 1. The predicted octanol–water partition coefficient (Wildman–Crippen LogP) is 3.51. The summed E-state index contributed by atoms with van der Waals surface area (Å²) >= 11 is 0. The van der Waals surface area contributed by atoms with Crippen LogP contribution >= 0.6 is 0 Å². The van der Waals surface area contributed by atoms with E-state index in [9.17, 15) is 14.3 Å². The van der Waals surface area contributed by atoms with E-state index in [1.807, 2.05) is 6.92 Å². The van der Waals surface area contributed by atoms with E-state index in [0.29, 0.717) is 23.4 Å². The number of rotatable bonds is 3. The molecule has 0 atom stereocenters. The summed E-state index contributed by atoms with van der Waals surface area (Å²) in [5, 5.41) is 9.50. The zero-order chi connectivity index (χ0) is 14.7. The van der Waals surface area contributed by atoms with Gasteiger partial charge in [0.2, 0.25) is 0 Å². The van der Waals surface area contributed by atoms with Gasteiger partial charge in [-0.25, -0.2) is 4.39 Å². The lowest BCUT2D eigenvalue weighted by molar-refractivity contribution is 0.0988. The Kier molecular flexibility index (Phi) is 4.03. The van der Waals surface area contributed by atoms with Crippen LogP contribution in [-0.2, 0) is 0 Å². The highest BCUT2D eigenvalue weighted by Gasteiger charge is 2.16. The van der Waals surface area contributed by atoms with Crippen molar-refractivity contribution in [1.82, 2.24) is 0 Å². The number of aromatic hydroxyl groups is 1. The Bertz CT molecular complexity index is 623. The van der Waals surface area contributed by atoms with Crippen LogP contribution in [0.4, 0.5) is 10.1 Å². The maximum absolute atomic E-state index is 12.9. The molecule has 0 fully saturated rings. The van der Waals surface area contributed by atoms with E-state index in [4.69, 9.17) is 0 Å². The molecule has 1 N–H and O–H groups in total. The van der Waals surface area contributed by atoms with Gasteiger partial charge in [-0.2, -0.15) is 0 Å². The number of benzene rings is 2. The molecule has 0 aliphatic carbocycles. The molecule has 0 radical (unpaired) electrons. The molecule has 3 nitrogen and oxygen atoms in total. The Hall–Kier alpha value is -2.36. The first-order chi connectivity index (χ1) is 9.52. The second-order valence-electron chi connectivity index (χ2n) is 4.53. The molecule has 0 saturated carbocycles. The minimum Gasteiger partial charge on any atom is -0.508 e. The van der Waals surface area contributed by atoms with Crippen LogP contribution in [0.1, 0.15) is 22.8 Å². The van der Waals surface area contributed by atoms with Crippen molar-refractivity contribution >= 4 is 11.6 Å². The molecule has 0 aliphatic heterocycles. The number of phenolic OH excluding ortho intramolecular Hbond substituents is 1. The van der Waals surface area contributed by atoms with Gasteiger partial charge >= 0.3 is 0 Å². The van der Waals surface area contributed by atoms with Crippen LogP contribution in [0, 0.1) is 12.7 Å². The maximum Gasteiger partial charge on any atom is 0.258 e. The average Bonchev–Trinajstić information content (AvgIpc) is 2.44. The molecule has 0 spiro atoms. The molecule has 20 heavy (non-hydrogen) atoms. The first-order valence-corrected chi connectivity index (χ1v) is 6.40. The number of amides is 1. The van der Waals surface area contributed by atoms with Crippen LogP contribution < -0.4 is 4.90 Å². The Balaban J connectivity index is 2.33. The standard InChI is InChI=1S/C16H16FNO2/c1-3-18(14-7-5-13(17)6-8-14)16(20)12-4-9-15(19)11(2)10-12/h4-10,19H,3H2,1-2H3. The zero-order valence-electron chi connectivity index (χ0n) is 11.4. The van der Waals surface area contributed by atoms with E-state index in [0.717, 1.165) is 0 Å². The third-order valence-electron chi connectivity index (χ3n) is 3.14. The van der Waals surface area contributed by atoms with Crippen molar-refractivity contribution in [3.05, 3.63) is 59.4 Å². The van der Waals surface area contributed by atoms with Crippen molar-refractivity contribution in [2.24, 2.45) is 0 Å². The Morgan fingerprint density at radius 2 is 1.85 bits per heavy atom. The Labute approximate surface area is 117 Å². The van der Waals surface area contributed by atoms with Crippen molar-refractivity contribution in [1.29, 1.82) is 0 Å². The summed E-state index contributed by atoms with van der Waals surface area (Å²) in [7, 11) is 0. The largest absolute Gasteiger partial charge is 0.508 e. The number of hydrogen-bond donors (Lipinski definition) is 1. The predicted molar refractivity (Wildman–Crippen MR) is 76.6 cm³/mol. The molecule has 4 heteroatoms. The topological polar surface area (TPSA) is 40.5 Å². The molecule has 0 aromatic heterocycles. The molecule has 1 amide bonds. The first-order valence-electron chi connectivity index (χ1n) is 6.40. The molecular formula is C16H16FNO2. The minimum atomic E-state index is -0.335. The third kappa shape index (κ3) is 2.79. The van der Waals surface area contributed by atoms with Crippen LogP contribution in [0.15, 0.2) is 42.5 Å². The quantitative estimate of drug-likeness (QED) is 0.929. The SMILES string of the molecule is CCN(C(=O)c1ccc(O)c(C)c1)c1ccc(F)cc1. The highest BCUT2D eigenvalue weighted by molar-refractivity contribution is 6.06. The number of hydrogen-bond acceptors (Lipinski definition) is 2. The van der Waals surface area contributed by atoms with E-state index in [-0.39, 0.29) is 17.5 Å². The second-order valence-corrected chi connectivity index (χ2v) is 4.53. The van der Waals surface area contributed by atoms with Crippen LogP contribution in [0.3, 0.4) is 0 Å². The molecular weight excluding hydrogens is 257 g/mol. The normalized spacial score (nSPS) is 10.3. The summed E-state index contributed by atoms with van der Waals surface area (Å²) in [6, 6.07) is 10.5. The van der Waals surface area contributed by atoms with Crippen LogP contribution in [-0.4, -0.2) is 17.6 Å². The smallest absolute Gasteiger partial charge is 0.258 e. The van der Waals surface area contributed by atoms with Gasteiger partial charge in [0, 0.05) is 17.8 Å². The lowest BCUT2D eigenvalue weighted by Gasteiger charge is -2.21. The highest BCUT2D eigenvalue weighted by atomic mass is 19.1. The van der Waals surface area contributed by atoms with Gasteiger partial charge < -0.3 is 10.0 Å². The van der Waals surface area contributed by atoms with E-state index in [1.165, 1.54) is 18.2 Å². The number of carbonyl (C=O) groups excluding carboxylic acids is 1. The fourth-order valence-electron chi connectivity index (χ4n) is 2.01. The van der Waals surface area contributed by atoms with Gasteiger partial charge in [-0.15, -0.1) is 0 Å². The van der Waals surface area contributed by atoms with Gasteiger partial charge in [0.25, 0.3) is 5.91 Å². The van der Waals surface area contributed by atoms with Gasteiger partial charge in [0.05, 0.1) is 0 Å². The van der Waals surface area contributed by atoms with Gasteiger partial charge in [0.1, 0.15) is 11.6 Å². The second kappa shape index (κ2) is 5.74. The molecule has 2 rings (SSSR count). The zero-order valence-corrected chi connectivity index (χ0v) is 11.4. The number of carbonyl (C=O) groups is 1. The average molecular weight is 273 g/mol. The summed E-state index contributed by atoms with van der Waals surface area (Å²) in [5.74, 6) is -0.355. The molecule has 2 aromatic carbocycles. The molecule has 0 bridgehead atoms. The molecule has 0 unspecified atom stereocenters. The fourth-order valence-corrected chi connectivity index (χ4v) is 2.01. The molecule has 2 aromatic rings. The van der Waals surface area contributed by atoms with E-state index >= 15 is 0 Å². The van der Waals surface area contributed by atoms with Crippen molar-refractivity contribution in [2.45, 2.75) is 13.8 Å². The summed E-state index contributed by atoms with van der Waals surface area (Å²) in [5.41, 5.74) is 1.78. The fraction of sp³-hybridized carbons (Fsp3) is 0.188. The maximum atomic E-state index is 12.9. The Morgan fingerprint density at radius 3 is 2.40 bits per heavy atom. The molecule has 0 heterocycles. The van der Waals surface area contributed by atoms with Crippen LogP contribution in [0.2, 0.25) is 0 Å². The monoisotopic (exact) mass is 273 g/mol. The number of phenols is 1. The lowest BCUT2D eigenvalue weighted by atomic mass is 10.1. The van der Waals surface area contributed by atoms with Crippen molar-refractivity contribution in [3.63, 3.8) is 0 Å². The number of halogens is 1. The summed E-state index contributed by atoms with van der Waals surface area (Å²) in [4.78, 5) is 14.0. The first kappa shape index (κ1) is 14.1. The number of aryl methyl sites for hydroxylation is 1. The molecule has 0 saturated heterocycles. The summed E-state index contributed by atoms with van der Waals surface area (Å²) < 4.78 is 12.9. The van der Waals surface area contributed by atoms with Gasteiger partial charge in [0.15, 0.2) is 0 Å². The third-order valence-corrected chi connectivity index (χ3v) is 3.14. The minimum absolute atomic E-state index is 0.159. The highest BCUT2D eigenvalue weighted by Crippen LogP contribution is 2.21. The summed E-state index contributed by atoms with van der Waals surface area (Å²) in [6.45, 7) is 4.07. The van der Waals surface area contributed by atoms with E-state index in [2.05, 4.69) is 0 Å². The van der Waals surface area contributed by atoms with Crippen LogP contribution in [0.25, 0.3) is 0 Å². The van der Waals surface area contributed by atoms with E-state index in [1.54, 1.807) is 36.1 Å². The van der Waals surface area contributed by atoms with Crippen molar-refractivity contribution in [3.8, 4) is 5.75 Å². The van der Waals surface area contributed by atoms with Gasteiger partial charge in [-0.3, -0.25) is 4.79 Å². The van der Waals surface area contributed by atoms with Crippen LogP contribution in [0.5, 0.6) is 5.75 Å². The van der Waals surface area contributed by atoms with Crippen molar-refractivity contribution < 1.29 is 14.3 Å². The molecule has 104 valence electrons. The van der Waals surface area contributed by atoms with Gasteiger partial charge in [-0.05, 0) is 61.9 Å². The van der Waals surface area contributed by atoms with Gasteiger partial charge in [-0.1, -0.05) is 0 Å². The van der Waals surface area contributed by atoms with Crippen molar-refractivity contribution in [2.75, 3.05) is 11.4 Å². The molecule has 0 aliphatic rings. The lowest BCUT2D eigenvalue weighted by Crippen LogP contribution is -2.30. The Morgan fingerprint density at radius 1 is 1.20 bits per heavy atom. The van der Waals surface area contributed by atoms with E-state index < -0.39 is 0 Å².